The van der Waals surface area contributed by atoms with Crippen molar-refractivity contribution in [1.82, 2.24) is 10.6 Å². The molecule has 6 heteroatoms. The number of hydrogen-bond donors (Lipinski definition) is 3. The monoisotopic (exact) mass is 258 g/mol. The molecular weight excluding hydrogens is 236 g/mol. The second-order valence-corrected chi connectivity index (χ2v) is 4.96. The highest BCUT2D eigenvalue weighted by Crippen LogP contribution is 2.24. The largest absolute Gasteiger partial charge is 0.480 e. The van der Waals surface area contributed by atoms with Gasteiger partial charge in [0.1, 0.15) is 6.04 Å². The van der Waals surface area contributed by atoms with Crippen LogP contribution in [0.4, 0.5) is 4.79 Å². The van der Waals surface area contributed by atoms with Crippen molar-refractivity contribution >= 4 is 12.0 Å². The number of urea groups is 1. The molecular formula is C12H22N2O4. The lowest BCUT2D eigenvalue weighted by Crippen LogP contribution is -2.56. The standard InChI is InChI=1S/C12H22N2O4/c1-4-5-9(10(15)16)13-11(17)14-12(3)6-7-18-8(12)2/h8-9H,4-7H2,1-3H3,(H,15,16)(H2,13,14,17)/t8?,9-,12?/m0/s1. The van der Waals surface area contributed by atoms with Gasteiger partial charge in [0.15, 0.2) is 0 Å². The van der Waals surface area contributed by atoms with Gasteiger partial charge in [-0.2, -0.15) is 0 Å². The number of carboxylic acids is 1. The Labute approximate surface area is 107 Å². The van der Waals surface area contributed by atoms with Gasteiger partial charge in [0.05, 0.1) is 11.6 Å². The Hall–Kier alpha value is -1.30. The van der Waals surface area contributed by atoms with Crippen molar-refractivity contribution in [3.8, 4) is 0 Å². The van der Waals surface area contributed by atoms with Crippen molar-refractivity contribution in [3.63, 3.8) is 0 Å². The molecule has 0 aromatic carbocycles. The molecule has 0 radical (unpaired) electrons. The SMILES string of the molecule is CCC[C@H](NC(=O)NC1(C)CCOC1C)C(=O)O. The molecule has 2 unspecified atom stereocenters. The molecule has 1 heterocycles. The molecule has 1 rings (SSSR count). The molecule has 0 saturated carbocycles. The Bertz CT molecular complexity index is 321. The number of amides is 2. The molecule has 18 heavy (non-hydrogen) atoms. The normalized spacial score (nSPS) is 28.7. The van der Waals surface area contributed by atoms with Gasteiger partial charge in [-0.25, -0.2) is 9.59 Å². The first kappa shape index (κ1) is 14.8. The molecule has 2 amide bonds. The molecule has 1 aliphatic heterocycles. The summed E-state index contributed by atoms with van der Waals surface area (Å²) in [6.45, 7) is 6.28. The smallest absolute Gasteiger partial charge is 0.326 e. The van der Waals surface area contributed by atoms with Crippen LogP contribution in [0.2, 0.25) is 0 Å². The maximum absolute atomic E-state index is 11.8. The maximum atomic E-state index is 11.8. The quantitative estimate of drug-likeness (QED) is 0.689. The van der Waals surface area contributed by atoms with Crippen molar-refractivity contribution in [1.29, 1.82) is 0 Å². The van der Waals surface area contributed by atoms with Gasteiger partial charge in [0, 0.05) is 6.61 Å². The Balaban J connectivity index is 2.52. The highest BCUT2D eigenvalue weighted by atomic mass is 16.5. The van der Waals surface area contributed by atoms with Crippen LogP contribution in [0.3, 0.4) is 0 Å². The predicted molar refractivity (Wildman–Crippen MR) is 66.4 cm³/mol. The number of carbonyl (C=O) groups excluding carboxylic acids is 1. The first-order valence-electron chi connectivity index (χ1n) is 6.32. The molecule has 0 aromatic heterocycles. The molecule has 104 valence electrons. The lowest BCUT2D eigenvalue weighted by Gasteiger charge is -2.29. The maximum Gasteiger partial charge on any atom is 0.326 e. The van der Waals surface area contributed by atoms with E-state index in [4.69, 9.17) is 9.84 Å². The second kappa shape index (κ2) is 6.04. The summed E-state index contributed by atoms with van der Waals surface area (Å²) < 4.78 is 5.41. The van der Waals surface area contributed by atoms with Crippen molar-refractivity contribution in [2.24, 2.45) is 0 Å². The Kier molecular flexibility index (Phi) is 4.95. The Morgan fingerprint density at radius 2 is 2.22 bits per heavy atom. The van der Waals surface area contributed by atoms with Crippen LogP contribution in [0.1, 0.15) is 40.0 Å². The summed E-state index contributed by atoms with van der Waals surface area (Å²) in [4.78, 5) is 22.7. The highest BCUT2D eigenvalue weighted by molar-refractivity contribution is 5.82. The zero-order valence-corrected chi connectivity index (χ0v) is 11.2. The Morgan fingerprint density at radius 3 is 2.67 bits per heavy atom. The summed E-state index contributed by atoms with van der Waals surface area (Å²) in [6.07, 6.45) is 1.78. The molecule has 1 saturated heterocycles. The number of ether oxygens (including phenoxy) is 1. The number of carboxylic acid groups (broad SMARTS) is 1. The molecule has 0 aliphatic carbocycles. The van der Waals surface area contributed by atoms with Gasteiger partial charge in [-0.1, -0.05) is 13.3 Å². The zero-order valence-electron chi connectivity index (χ0n) is 11.2. The number of aliphatic carboxylic acids is 1. The van der Waals surface area contributed by atoms with E-state index in [9.17, 15) is 9.59 Å². The van der Waals surface area contributed by atoms with Crippen molar-refractivity contribution in [3.05, 3.63) is 0 Å². The molecule has 1 aliphatic rings. The van der Waals surface area contributed by atoms with Gasteiger partial charge in [-0.05, 0) is 26.7 Å². The summed E-state index contributed by atoms with van der Waals surface area (Å²) in [5.74, 6) is -1.01. The van der Waals surface area contributed by atoms with E-state index in [1.807, 2.05) is 20.8 Å². The molecule has 0 spiro atoms. The third-order valence-corrected chi connectivity index (χ3v) is 3.47. The van der Waals surface area contributed by atoms with Gasteiger partial charge >= 0.3 is 12.0 Å². The van der Waals surface area contributed by atoms with E-state index < -0.39 is 23.6 Å². The minimum Gasteiger partial charge on any atom is -0.480 e. The first-order valence-corrected chi connectivity index (χ1v) is 6.32. The molecule has 3 atom stereocenters. The van der Waals surface area contributed by atoms with Gasteiger partial charge < -0.3 is 20.5 Å². The van der Waals surface area contributed by atoms with Gasteiger partial charge in [0.25, 0.3) is 0 Å². The van der Waals surface area contributed by atoms with Crippen LogP contribution in [0.5, 0.6) is 0 Å². The van der Waals surface area contributed by atoms with E-state index >= 15 is 0 Å². The molecule has 1 fully saturated rings. The van der Waals surface area contributed by atoms with Gasteiger partial charge in [-0.3, -0.25) is 0 Å². The van der Waals surface area contributed by atoms with E-state index in [2.05, 4.69) is 10.6 Å². The number of nitrogens with one attached hydrogen (secondary N) is 2. The van der Waals surface area contributed by atoms with Crippen LogP contribution in [-0.4, -0.2) is 41.4 Å². The van der Waals surface area contributed by atoms with E-state index in [1.54, 1.807) is 0 Å². The van der Waals surface area contributed by atoms with Gasteiger partial charge in [0.2, 0.25) is 0 Å². The summed E-state index contributed by atoms with van der Waals surface area (Å²) in [7, 11) is 0. The van der Waals surface area contributed by atoms with Crippen LogP contribution < -0.4 is 10.6 Å². The van der Waals surface area contributed by atoms with Crippen LogP contribution in [0, 0.1) is 0 Å². The fourth-order valence-electron chi connectivity index (χ4n) is 2.00. The van der Waals surface area contributed by atoms with Crippen molar-refractivity contribution in [2.45, 2.75) is 57.7 Å². The van der Waals surface area contributed by atoms with Crippen LogP contribution >= 0.6 is 0 Å². The summed E-state index contributed by atoms with van der Waals surface area (Å²) in [5.41, 5.74) is -0.431. The average molecular weight is 258 g/mol. The minimum atomic E-state index is -1.01. The zero-order chi connectivity index (χ0) is 13.8. The number of carbonyl (C=O) groups is 2. The van der Waals surface area contributed by atoms with E-state index in [0.717, 1.165) is 6.42 Å². The third-order valence-electron chi connectivity index (χ3n) is 3.47. The van der Waals surface area contributed by atoms with E-state index in [-0.39, 0.29) is 6.10 Å². The summed E-state index contributed by atoms with van der Waals surface area (Å²) in [6, 6.07) is -1.29. The number of hydrogen-bond acceptors (Lipinski definition) is 3. The van der Waals surface area contributed by atoms with E-state index in [0.29, 0.717) is 19.4 Å². The second-order valence-electron chi connectivity index (χ2n) is 4.96. The molecule has 6 nitrogen and oxygen atoms in total. The van der Waals surface area contributed by atoms with Crippen LogP contribution in [0.15, 0.2) is 0 Å². The summed E-state index contributed by atoms with van der Waals surface area (Å²) in [5, 5.41) is 14.3. The lowest BCUT2D eigenvalue weighted by atomic mass is 9.95. The molecule has 0 aromatic rings. The molecule has 0 bridgehead atoms. The topological polar surface area (TPSA) is 87.7 Å². The van der Waals surface area contributed by atoms with Crippen LogP contribution in [0.25, 0.3) is 0 Å². The van der Waals surface area contributed by atoms with Crippen molar-refractivity contribution in [2.75, 3.05) is 6.61 Å². The highest BCUT2D eigenvalue weighted by Gasteiger charge is 2.38. The molecule has 3 N–H and O–H groups in total. The van der Waals surface area contributed by atoms with E-state index in [1.165, 1.54) is 0 Å². The minimum absolute atomic E-state index is 0.0716. The fraction of sp³-hybridized carbons (Fsp3) is 0.833. The Morgan fingerprint density at radius 1 is 1.56 bits per heavy atom. The number of rotatable bonds is 5. The van der Waals surface area contributed by atoms with Gasteiger partial charge in [-0.15, -0.1) is 0 Å². The lowest BCUT2D eigenvalue weighted by molar-refractivity contribution is -0.139. The van der Waals surface area contributed by atoms with Crippen LogP contribution in [-0.2, 0) is 9.53 Å². The first-order chi connectivity index (χ1) is 8.39. The summed E-state index contributed by atoms with van der Waals surface area (Å²) >= 11 is 0. The fourth-order valence-corrected chi connectivity index (χ4v) is 2.00. The predicted octanol–water partition coefficient (Wildman–Crippen LogP) is 1.11. The van der Waals surface area contributed by atoms with Crippen molar-refractivity contribution < 1.29 is 19.4 Å². The average Bonchev–Trinajstić information content (AvgIpc) is 2.58. The third kappa shape index (κ3) is 3.60.